The van der Waals surface area contributed by atoms with Gasteiger partial charge in [-0.05, 0) is 77.0 Å². The molecule has 1 aliphatic carbocycles. The summed E-state index contributed by atoms with van der Waals surface area (Å²) in [7, 11) is 0. The molecule has 1 atom stereocenters. The zero-order valence-electron chi connectivity index (χ0n) is 21.2. The van der Waals surface area contributed by atoms with Crippen LogP contribution in [0, 0.1) is 6.92 Å². The van der Waals surface area contributed by atoms with Crippen LogP contribution in [0.2, 0.25) is 5.02 Å². The fourth-order valence-corrected chi connectivity index (χ4v) is 5.68. The summed E-state index contributed by atoms with van der Waals surface area (Å²) in [5, 5.41) is 14.7. The molecule has 194 valence electrons. The fourth-order valence-electron chi connectivity index (χ4n) is 5.56. The number of aromatic nitrogens is 5. The number of H-pyrrole nitrogens is 1. The highest BCUT2D eigenvalue weighted by Gasteiger charge is 2.34. The highest BCUT2D eigenvalue weighted by Crippen LogP contribution is 2.35. The minimum absolute atomic E-state index is 0.154. The maximum atomic E-state index is 13.8. The van der Waals surface area contributed by atoms with Gasteiger partial charge in [-0.2, -0.15) is 0 Å². The first-order chi connectivity index (χ1) is 18.6. The van der Waals surface area contributed by atoms with Crippen molar-refractivity contribution in [2.24, 2.45) is 0 Å². The second-order valence-electron chi connectivity index (χ2n) is 10.0. The number of pyridine rings is 1. The number of furan rings is 1. The number of aryl methyl sites for hydroxylation is 1. The molecule has 1 fully saturated rings. The van der Waals surface area contributed by atoms with Gasteiger partial charge >= 0.3 is 0 Å². The molecule has 2 aromatic carbocycles. The normalized spacial score (nSPS) is 15.0. The molecule has 0 bridgehead atoms. The van der Waals surface area contributed by atoms with Crippen molar-refractivity contribution in [2.75, 3.05) is 0 Å². The number of aromatic amines is 1. The van der Waals surface area contributed by atoms with Gasteiger partial charge < -0.3 is 9.40 Å². The fraction of sp³-hybridized carbons (Fsp3) is 0.310. The van der Waals surface area contributed by atoms with Crippen LogP contribution in [0.5, 0.6) is 0 Å². The maximum Gasteiger partial charge on any atom is 0.253 e. The molecule has 8 nitrogen and oxygen atoms in total. The first kappa shape index (κ1) is 24.6. The van der Waals surface area contributed by atoms with Gasteiger partial charge in [0, 0.05) is 17.1 Å². The average Bonchev–Trinajstić information content (AvgIpc) is 3.70. The number of para-hydroxylation sites is 1. The van der Waals surface area contributed by atoms with Crippen LogP contribution in [0.1, 0.15) is 66.0 Å². The highest BCUT2D eigenvalue weighted by molar-refractivity contribution is 6.30. The van der Waals surface area contributed by atoms with Gasteiger partial charge in [-0.25, -0.2) is 4.68 Å². The zero-order valence-corrected chi connectivity index (χ0v) is 21.9. The molecular formula is C29H29ClN6O2. The van der Waals surface area contributed by atoms with E-state index in [-0.39, 0.29) is 11.6 Å². The Hall–Kier alpha value is -3.75. The number of nitrogens with one attached hydrogen (secondary N) is 1. The van der Waals surface area contributed by atoms with E-state index in [1.54, 1.807) is 6.26 Å². The minimum Gasteiger partial charge on any atom is -0.468 e. The summed E-state index contributed by atoms with van der Waals surface area (Å²) >= 11 is 6.18. The van der Waals surface area contributed by atoms with E-state index in [9.17, 15) is 4.79 Å². The Balaban J connectivity index is 1.53. The van der Waals surface area contributed by atoms with E-state index in [1.807, 2.05) is 72.3 Å². The number of nitrogens with zero attached hydrogens (tertiary/aromatic N) is 5. The molecule has 0 aliphatic heterocycles. The lowest BCUT2D eigenvalue weighted by molar-refractivity contribution is 0.176. The standard InChI is InChI=1S/C29H29ClN6O2/c1-19-6-4-7-21-16-25(29(37)31-26(19)21)27(28-32-33-34-36(28)23-8-2-3-9-23)35(18-24-10-5-15-38-24)17-20-11-13-22(30)14-12-20/h4-7,10-16,23,27H,2-3,8-9,17-18H2,1H3,(H,31,37). The molecule has 0 saturated heterocycles. The first-order valence-corrected chi connectivity index (χ1v) is 13.4. The van der Waals surface area contributed by atoms with Crippen LogP contribution in [-0.2, 0) is 13.1 Å². The summed E-state index contributed by atoms with van der Waals surface area (Å²) in [5.74, 6) is 1.45. The number of hydrogen-bond donors (Lipinski definition) is 1. The molecule has 0 amide bonds. The molecular weight excluding hydrogens is 500 g/mol. The van der Waals surface area contributed by atoms with Crippen molar-refractivity contribution < 1.29 is 4.42 Å². The third-order valence-electron chi connectivity index (χ3n) is 7.45. The van der Waals surface area contributed by atoms with E-state index in [4.69, 9.17) is 16.0 Å². The lowest BCUT2D eigenvalue weighted by atomic mass is 10.0. The Labute approximate surface area is 225 Å². The molecule has 38 heavy (non-hydrogen) atoms. The van der Waals surface area contributed by atoms with Crippen LogP contribution in [-0.4, -0.2) is 30.1 Å². The van der Waals surface area contributed by atoms with E-state index in [2.05, 4.69) is 25.4 Å². The van der Waals surface area contributed by atoms with Crippen LogP contribution < -0.4 is 5.56 Å². The third kappa shape index (κ3) is 4.89. The number of hydrogen-bond acceptors (Lipinski definition) is 6. The highest BCUT2D eigenvalue weighted by atomic mass is 35.5. The number of benzene rings is 2. The van der Waals surface area contributed by atoms with Gasteiger partial charge in [0.1, 0.15) is 11.8 Å². The minimum atomic E-state index is -0.514. The van der Waals surface area contributed by atoms with Crippen molar-refractivity contribution in [3.05, 3.63) is 111 Å². The predicted octanol–water partition coefficient (Wildman–Crippen LogP) is 5.98. The number of halogens is 1. The molecule has 9 heteroatoms. The SMILES string of the molecule is Cc1cccc2cc(C(c3nnnn3C3CCCC3)N(Cc3ccc(Cl)cc3)Cc3ccco3)c(=O)[nH]c12. The monoisotopic (exact) mass is 528 g/mol. The average molecular weight is 529 g/mol. The summed E-state index contributed by atoms with van der Waals surface area (Å²) in [5.41, 5.74) is 3.35. The van der Waals surface area contributed by atoms with Crippen molar-refractivity contribution in [3.8, 4) is 0 Å². The van der Waals surface area contributed by atoms with Gasteiger partial charge in [-0.3, -0.25) is 9.69 Å². The molecule has 0 radical (unpaired) electrons. The molecule has 3 heterocycles. The van der Waals surface area contributed by atoms with E-state index in [0.717, 1.165) is 53.5 Å². The number of fused-ring (bicyclic) bond motifs is 1. The molecule has 1 saturated carbocycles. The lowest BCUT2D eigenvalue weighted by Gasteiger charge is -2.31. The van der Waals surface area contributed by atoms with E-state index < -0.39 is 6.04 Å². The summed E-state index contributed by atoms with van der Waals surface area (Å²) in [6, 6.07) is 19.3. The smallest absolute Gasteiger partial charge is 0.253 e. The molecule has 1 aliphatic rings. The second-order valence-corrected chi connectivity index (χ2v) is 10.5. The Morgan fingerprint density at radius 3 is 2.68 bits per heavy atom. The van der Waals surface area contributed by atoms with Gasteiger partial charge in [0.15, 0.2) is 5.82 Å². The first-order valence-electron chi connectivity index (χ1n) is 13.0. The summed E-state index contributed by atoms with van der Waals surface area (Å²) in [4.78, 5) is 19.1. The summed E-state index contributed by atoms with van der Waals surface area (Å²) < 4.78 is 7.70. The number of tetrazole rings is 1. The van der Waals surface area contributed by atoms with E-state index in [0.29, 0.717) is 29.5 Å². The number of rotatable bonds is 8. The summed E-state index contributed by atoms with van der Waals surface area (Å²) in [6.07, 6.45) is 6.00. The quantitative estimate of drug-likeness (QED) is 0.266. The molecule has 1 unspecified atom stereocenters. The van der Waals surface area contributed by atoms with Crippen LogP contribution in [0.3, 0.4) is 0 Å². The van der Waals surface area contributed by atoms with Crippen molar-refractivity contribution in [2.45, 2.75) is 57.8 Å². The molecule has 1 N–H and O–H groups in total. The van der Waals surface area contributed by atoms with Gasteiger partial charge in [0.25, 0.3) is 5.56 Å². The van der Waals surface area contributed by atoms with Gasteiger partial charge in [0.2, 0.25) is 0 Å². The van der Waals surface area contributed by atoms with Crippen LogP contribution in [0.4, 0.5) is 0 Å². The van der Waals surface area contributed by atoms with Crippen LogP contribution >= 0.6 is 11.6 Å². The molecule has 5 aromatic rings. The molecule has 0 spiro atoms. The van der Waals surface area contributed by atoms with Crippen molar-refractivity contribution in [3.63, 3.8) is 0 Å². The summed E-state index contributed by atoms with van der Waals surface area (Å²) in [6.45, 7) is 2.99. The van der Waals surface area contributed by atoms with Gasteiger partial charge in [-0.1, -0.05) is 54.8 Å². The van der Waals surface area contributed by atoms with Crippen LogP contribution in [0.15, 0.2) is 76.1 Å². The van der Waals surface area contributed by atoms with Crippen molar-refractivity contribution >= 4 is 22.5 Å². The van der Waals surface area contributed by atoms with Crippen molar-refractivity contribution in [1.29, 1.82) is 0 Å². The largest absolute Gasteiger partial charge is 0.468 e. The third-order valence-corrected chi connectivity index (χ3v) is 7.70. The topological polar surface area (TPSA) is 92.8 Å². The second kappa shape index (κ2) is 10.6. The van der Waals surface area contributed by atoms with Gasteiger partial charge in [0.05, 0.1) is 24.4 Å². The maximum absolute atomic E-state index is 13.8. The van der Waals surface area contributed by atoms with E-state index >= 15 is 0 Å². The predicted molar refractivity (Wildman–Crippen MR) is 146 cm³/mol. The zero-order chi connectivity index (χ0) is 26.1. The lowest BCUT2D eigenvalue weighted by Crippen LogP contribution is -2.35. The van der Waals surface area contributed by atoms with E-state index in [1.165, 1.54) is 0 Å². The van der Waals surface area contributed by atoms with Crippen LogP contribution in [0.25, 0.3) is 10.9 Å². The molecule has 3 aromatic heterocycles. The van der Waals surface area contributed by atoms with Crippen molar-refractivity contribution in [1.82, 2.24) is 30.1 Å². The molecule has 6 rings (SSSR count). The Bertz CT molecular complexity index is 1590. The Morgan fingerprint density at radius 1 is 1.11 bits per heavy atom. The Kier molecular flexibility index (Phi) is 6.82. The Morgan fingerprint density at radius 2 is 1.92 bits per heavy atom. The van der Waals surface area contributed by atoms with Gasteiger partial charge in [-0.15, -0.1) is 5.10 Å².